The zero-order valence-electron chi connectivity index (χ0n) is 12.7. The van der Waals surface area contributed by atoms with Gasteiger partial charge < -0.3 is 14.6 Å². The predicted octanol–water partition coefficient (Wildman–Crippen LogP) is 2.82. The standard InChI is InChI=1S/C16H15F3N2O3/c1-11(24-12-6-3-2-4-7-12)14(22)20-13-8-5-9-21(15(13)23)10-16(17,18)19/h2-9,11H,10H2,1H3,(H,20,22)/t11-/m1/s1. The molecule has 5 nitrogen and oxygen atoms in total. The van der Waals surface area contributed by atoms with Crippen molar-refractivity contribution < 1.29 is 22.7 Å². The Morgan fingerprint density at radius 2 is 1.88 bits per heavy atom. The number of pyridine rings is 1. The predicted molar refractivity (Wildman–Crippen MR) is 81.9 cm³/mol. The summed E-state index contributed by atoms with van der Waals surface area (Å²) in [5.74, 6) is -0.177. The van der Waals surface area contributed by atoms with Gasteiger partial charge in [-0.3, -0.25) is 9.59 Å². The number of hydrogen-bond donors (Lipinski definition) is 1. The minimum absolute atomic E-state index is 0.240. The molecule has 1 aromatic heterocycles. The molecule has 0 spiro atoms. The van der Waals surface area contributed by atoms with E-state index >= 15 is 0 Å². The maximum absolute atomic E-state index is 12.4. The first-order valence-corrected chi connectivity index (χ1v) is 7.05. The van der Waals surface area contributed by atoms with Crippen molar-refractivity contribution in [3.05, 3.63) is 59.0 Å². The van der Waals surface area contributed by atoms with Crippen LogP contribution in [0.15, 0.2) is 53.5 Å². The fraction of sp³-hybridized carbons (Fsp3) is 0.250. The first kappa shape index (κ1) is 17.6. The van der Waals surface area contributed by atoms with E-state index in [9.17, 15) is 22.8 Å². The quantitative estimate of drug-likeness (QED) is 0.910. The zero-order valence-corrected chi connectivity index (χ0v) is 12.7. The molecule has 0 saturated carbocycles. The second-order valence-corrected chi connectivity index (χ2v) is 5.03. The van der Waals surface area contributed by atoms with E-state index in [1.807, 2.05) is 0 Å². The molecule has 0 radical (unpaired) electrons. The Kier molecular flexibility index (Phi) is 5.28. The van der Waals surface area contributed by atoms with Crippen LogP contribution < -0.4 is 15.6 Å². The first-order chi connectivity index (χ1) is 11.3. The number of alkyl halides is 3. The number of hydrogen-bond acceptors (Lipinski definition) is 3. The highest BCUT2D eigenvalue weighted by Gasteiger charge is 2.28. The molecule has 0 unspecified atom stereocenters. The maximum Gasteiger partial charge on any atom is 0.406 e. The molecule has 0 aliphatic carbocycles. The number of para-hydroxylation sites is 1. The number of carbonyl (C=O) groups is 1. The third-order valence-corrected chi connectivity index (χ3v) is 3.05. The number of carbonyl (C=O) groups excluding carboxylic acids is 1. The van der Waals surface area contributed by atoms with Crippen molar-refractivity contribution in [3.8, 4) is 5.75 Å². The monoisotopic (exact) mass is 340 g/mol. The molecule has 24 heavy (non-hydrogen) atoms. The summed E-state index contributed by atoms with van der Waals surface area (Å²) in [6.45, 7) is 0.0468. The first-order valence-electron chi connectivity index (χ1n) is 7.05. The van der Waals surface area contributed by atoms with E-state index in [0.717, 1.165) is 6.20 Å². The number of ether oxygens (including phenoxy) is 1. The van der Waals surface area contributed by atoms with Gasteiger partial charge in [-0.05, 0) is 31.2 Å². The molecule has 0 aliphatic rings. The van der Waals surface area contributed by atoms with Crippen molar-refractivity contribution in [2.75, 3.05) is 5.32 Å². The maximum atomic E-state index is 12.4. The summed E-state index contributed by atoms with van der Waals surface area (Å²) in [7, 11) is 0. The van der Waals surface area contributed by atoms with Crippen LogP contribution in [-0.4, -0.2) is 22.8 Å². The van der Waals surface area contributed by atoms with Gasteiger partial charge in [0.1, 0.15) is 18.0 Å². The van der Waals surface area contributed by atoms with E-state index in [0.29, 0.717) is 10.3 Å². The molecule has 0 aliphatic heterocycles. The lowest BCUT2D eigenvalue weighted by molar-refractivity contribution is -0.141. The fourth-order valence-electron chi connectivity index (χ4n) is 1.94. The zero-order chi connectivity index (χ0) is 17.7. The van der Waals surface area contributed by atoms with E-state index < -0.39 is 30.3 Å². The van der Waals surface area contributed by atoms with Gasteiger partial charge in [-0.15, -0.1) is 0 Å². The van der Waals surface area contributed by atoms with Crippen LogP contribution >= 0.6 is 0 Å². The smallest absolute Gasteiger partial charge is 0.406 e. The molecule has 1 heterocycles. The van der Waals surface area contributed by atoms with Gasteiger partial charge >= 0.3 is 6.18 Å². The summed E-state index contributed by atoms with van der Waals surface area (Å²) >= 11 is 0. The van der Waals surface area contributed by atoms with Crippen molar-refractivity contribution in [2.45, 2.75) is 25.7 Å². The van der Waals surface area contributed by atoms with Crippen molar-refractivity contribution in [3.63, 3.8) is 0 Å². The number of aromatic nitrogens is 1. The van der Waals surface area contributed by atoms with Crippen molar-refractivity contribution in [1.82, 2.24) is 4.57 Å². The lowest BCUT2D eigenvalue weighted by atomic mass is 10.3. The summed E-state index contributed by atoms with van der Waals surface area (Å²) in [6.07, 6.45) is -4.45. The molecule has 1 N–H and O–H groups in total. The largest absolute Gasteiger partial charge is 0.481 e. The summed E-state index contributed by atoms with van der Waals surface area (Å²) in [5.41, 5.74) is -1.18. The molecular formula is C16H15F3N2O3. The van der Waals surface area contributed by atoms with Crippen LogP contribution in [0, 0.1) is 0 Å². The van der Waals surface area contributed by atoms with Crippen molar-refractivity contribution in [1.29, 1.82) is 0 Å². The van der Waals surface area contributed by atoms with Gasteiger partial charge in [-0.1, -0.05) is 18.2 Å². The third-order valence-electron chi connectivity index (χ3n) is 3.05. The number of nitrogens with zero attached hydrogens (tertiary/aromatic N) is 1. The van der Waals surface area contributed by atoms with Gasteiger partial charge in [0.15, 0.2) is 6.10 Å². The van der Waals surface area contributed by atoms with Gasteiger partial charge in [0.25, 0.3) is 11.5 Å². The molecule has 128 valence electrons. The SMILES string of the molecule is C[C@@H](Oc1ccccc1)C(=O)Nc1cccn(CC(F)(F)F)c1=O. The van der Waals surface area contributed by atoms with E-state index in [-0.39, 0.29) is 5.69 Å². The molecule has 2 rings (SSSR count). The van der Waals surface area contributed by atoms with Crippen molar-refractivity contribution >= 4 is 11.6 Å². The lowest BCUT2D eigenvalue weighted by Crippen LogP contribution is -2.34. The van der Waals surface area contributed by atoms with Crippen LogP contribution in [0.2, 0.25) is 0 Å². The third kappa shape index (κ3) is 4.87. The van der Waals surface area contributed by atoms with Gasteiger partial charge in [-0.2, -0.15) is 13.2 Å². The van der Waals surface area contributed by atoms with Crippen LogP contribution in [0.5, 0.6) is 5.75 Å². The molecule has 8 heteroatoms. The fourth-order valence-corrected chi connectivity index (χ4v) is 1.94. The Morgan fingerprint density at radius 3 is 2.50 bits per heavy atom. The molecule has 0 saturated heterocycles. The highest BCUT2D eigenvalue weighted by Crippen LogP contribution is 2.17. The van der Waals surface area contributed by atoms with E-state index in [1.165, 1.54) is 19.1 Å². The second-order valence-electron chi connectivity index (χ2n) is 5.03. The van der Waals surface area contributed by atoms with Gasteiger partial charge in [0, 0.05) is 6.20 Å². The number of rotatable bonds is 5. The number of anilines is 1. The highest BCUT2D eigenvalue weighted by molar-refractivity contribution is 5.93. The minimum atomic E-state index is -4.53. The van der Waals surface area contributed by atoms with Crippen LogP contribution in [0.4, 0.5) is 18.9 Å². The van der Waals surface area contributed by atoms with E-state index in [4.69, 9.17) is 4.74 Å². The van der Waals surface area contributed by atoms with Gasteiger partial charge in [0.05, 0.1) is 0 Å². The Hall–Kier alpha value is -2.77. The average molecular weight is 340 g/mol. The molecule has 0 bridgehead atoms. The topological polar surface area (TPSA) is 60.3 Å². The Balaban J connectivity index is 2.09. The molecule has 1 atom stereocenters. The molecule has 0 fully saturated rings. The highest BCUT2D eigenvalue weighted by atomic mass is 19.4. The van der Waals surface area contributed by atoms with E-state index in [2.05, 4.69) is 5.32 Å². The number of amides is 1. The minimum Gasteiger partial charge on any atom is -0.481 e. The molecular weight excluding hydrogens is 325 g/mol. The lowest BCUT2D eigenvalue weighted by Gasteiger charge is -2.15. The molecule has 1 aromatic carbocycles. The van der Waals surface area contributed by atoms with Crippen molar-refractivity contribution in [2.24, 2.45) is 0 Å². The summed E-state index contributed by atoms with van der Waals surface area (Å²) in [4.78, 5) is 24.0. The van der Waals surface area contributed by atoms with Gasteiger partial charge in [-0.25, -0.2) is 0 Å². The van der Waals surface area contributed by atoms with Crippen LogP contribution in [-0.2, 0) is 11.3 Å². The number of halogens is 3. The Bertz CT molecular complexity index is 757. The normalized spacial score (nSPS) is 12.5. The summed E-state index contributed by atoms with van der Waals surface area (Å²) < 4.78 is 43.1. The summed E-state index contributed by atoms with van der Waals surface area (Å²) in [5, 5.41) is 2.29. The van der Waals surface area contributed by atoms with Crippen LogP contribution in [0.3, 0.4) is 0 Å². The van der Waals surface area contributed by atoms with Crippen LogP contribution in [0.1, 0.15) is 6.92 Å². The average Bonchev–Trinajstić information content (AvgIpc) is 2.51. The molecule has 1 amide bonds. The summed E-state index contributed by atoms with van der Waals surface area (Å²) in [6, 6.07) is 11.0. The second kappa shape index (κ2) is 7.20. The Morgan fingerprint density at radius 1 is 1.21 bits per heavy atom. The number of benzene rings is 1. The molecule has 2 aromatic rings. The van der Waals surface area contributed by atoms with Gasteiger partial charge in [0.2, 0.25) is 0 Å². The number of nitrogens with one attached hydrogen (secondary N) is 1. The van der Waals surface area contributed by atoms with Crippen LogP contribution in [0.25, 0.3) is 0 Å². The van der Waals surface area contributed by atoms with E-state index in [1.54, 1.807) is 30.3 Å². The Labute approximate surface area is 135 Å².